The third-order valence-electron chi connectivity index (χ3n) is 4.41. The summed E-state index contributed by atoms with van der Waals surface area (Å²) in [5.41, 5.74) is 2.00. The maximum Gasteiger partial charge on any atom is 0.317 e. The number of carbonyl (C=O) groups is 2. The van der Waals surface area contributed by atoms with Gasteiger partial charge in [0, 0.05) is 24.0 Å². The number of likely N-dealkylation sites (tertiary alicyclic amines) is 1. The van der Waals surface area contributed by atoms with Gasteiger partial charge < -0.3 is 15.0 Å². The summed E-state index contributed by atoms with van der Waals surface area (Å²) in [5.74, 6) is -0.241. The molecule has 3 rings (SSSR count). The van der Waals surface area contributed by atoms with Crippen LogP contribution in [0, 0.1) is 5.92 Å². The van der Waals surface area contributed by atoms with Crippen LogP contribution in [0.5, 0.6) is 0 Å². The Morgan fingerprint density at radius 2 is 2.00 bits per heavy atom. The van der Waals surface area contributed by atoms with E-state index in [-0.39, 0.29) is 17.9 Å². The minimum absolute atomic E-state index is 0.0913. The lowest BCUT2D eigenvalue weighted by Crippen LogP contribution is -2.45. The number of rotatable bonds is 5. The van der Waals surface area contributed by atoms with Crippen LogP contribution in [0.15, 0.2) is 35.7 Å². The Hall–Kier alpha value is -2.41. The molecule has 2 heterocycles. The highest BCUT2D eigenvalue weighted by molar-refractivity contribution is 7.09. The van der Waals surface area contributed by atoms with Crippen LogP contribution in [0.2, 0.25) is 0 Å². The van der Waals surface area contributed by atoms with E-state index < -0.39 is 0 Å². The van der Waals surface area contributed by atoms with Gasteiger partial charge in [0.1, 0.15) is 5.01 Å². The van der Waals surface area contributed by atoms with E-state index in [1.807, 2.05) is 42.6 Å². The van der Waals surface area contributed by atoms with Crippen molar-refractivity contribution in [2.75, 3.05) is 19.7 Å². The van der Waals surface area contributed by atoms with Gasteiger partial charge in [-0.15, -0.1) is 11.3 Å². The van der Waals surface area contributed by atoms with Gasteiger partial charge in [-0.05, 0) is 19.8 Å². The summed E-state index contributed by atoms with van der Waals surface area (Å²) >= 11 is 1.54. The molecule has 0 spiro atoms. The predicted octanol–water partition coefficient (Wildman–Crippen LogP) is 3.29. The monoisotopic (exact) mass is 373 g/mol. The zero-order valence-electron chi connectivity index (χ0n) is 14.8. The Bertz CT molecular complexity index is 739. The Morgan fingerprint density at radius 1 is 1.27 bits per heavy atom. The van der Waals surface area contributed by atoms with Crippen LogP contribution in [0.1, 0.15) is 24.8 Å². The van der Waals surface area contributed by atoms with Gasteiger partial charge in [0.15, 0.2) is 0 Å². The molecule has 1 saturated heterocycles. The zero-order valence-corrected chi connectivity index (χ0v) is 15.6. The van der Waals surface area contributed by atoms with Gasteiger partial charge in [0.05, 0.1) is 24.8 Å². The fraction of sp³-hybridized carbons (Fsp3) is 0.421. The van der Waals surface area contributed by atoms with Crippen molar-refractivity contribution in [2.24, 2.45) is 5.92 Å². The molecule has 2 amide bonds. The Labute approximate surface area is 157 Å². The molecule has 26 heavy (non-hydrogen) atoms. The van der Waals surface area contributed by atoms with Gasteiger partial charge >= 0.3 is 12.0 Å². The normalized spacial score (nSPS) is 14.9. The van der Waals surface area contributed by atoms with E-state index in [0.717, 1.165) is 16.3 Å². The number of thiazole rings is 1. The van der Waals surface area contributed by atoms with Gasteiger partial charge in [-0.2, -0.15) is 0 Å². The fourth-order valence-electron chi connectivity index (χ4n) is 2.98. The van der Waals surface area contributed by atoms with E-state index in [2.05, 4.69) is 10.3 Å². The van der Waals surface area contributed by atoms with Gasteiger partial charge in [-0.25, -0.2) is 9.78 Å². The molecule has 0 bridgehead atoms. The first-order valence-electron chi connectivity index (χ1n) is 8.86. The van der Waals surface area contributed by atoms with Gasteiger partial charge in [-0.1, -0.05) is 30.3 Å². The molecular formula is C19H23N3O3S. The maximum atomic E-state index is 12.3. The molecule has 1 fully saturated rings. The molecule has 0 unspecified atom stereocenters. The number of carbonyl (C=O) groups excluding carboxylic acids is 2. The van der Waals surface area contributed by atoms with Crippen molar-refractivity contribution in [3.05, 3.63) is 40.7 Å². The Balaban J connectivity index is 1.46. The third-order valence-corrected chi connectivity index (χ3v) is 5.26. The second-order valence-corrected chi connectivity index (χ2v) is 7.11. The Kier molecular flexibility index (Phi) is 6.22. The number of urea groups is 1. The number of hydrogen-bond donors (Lipinski definition) is 1. The molecule has 0 radical (unpaired) electrons. The maximum absolute atomic E-state index is 12.3. The molecule has 138 valence electrons. The largest absolute Gasteiger partial charge is 0.466 e. The topological polar surface area (TPSA) is 71.5 Å². The van der Waals surface area contributed by atoms with Gasteiger partial charge in [0.2, 0.25) is 0 Å². The quantitative estimate of drug-likeness (QED) is 0.817. The molecule has 1 aliphatic rings. The van der Waals surface area contributed by atoms with Crippen LogP contribution in [-0.4, -0.2) is 41.6 Å². The summed E-state index contributed by atoms with van der Waals surface area (Å²) in [5, 5.41) is 5.80. The molecule has 1 aromatic carbocycles. The molecule has 0 saturated carbocycles. The molecule has 7 heteroatoms. The SMILES string of the molecule is CCOC(=O)C1CCN(C(=O)NCc2nc(-c3ccccc3)cs2)CC1. The van der Waals surface area contributed by atoms with Crippen LogP contribution in [-0.2, 0) is 16.1 Å². The highest BCUT2D eigenvalue weighted by Crippen LogP contribution is 2.22. The first kappa shape index (κ1) is 18.4. The molecular weight excluding hydrogens is 350 g/mol. The van der Waals surface area contributed by atoms with Crippen LogP contribution in [0.25, 0.3) is 11.3 Å². The number of nitrogens with one attached hydrogen (secondary N) is 1. The summed E-state index contributed by atoms with van der Waals surface area (Å²) in [6.45, 7) is 3.76. The van der Waals surface area contributed by atoms with E-state index in [4.69, 9.17) is 4.74 Å². The van der Waals surface area contributed by atoms with Crippen molar-refractivity contribution < 1.29 is 14.3 Å². The second kappa shape index (κ2) is 8.80. The first-order valence-corrected chi connectivity index (χ1v) is 9.74. The number of aromatic nitrogens is 1. The zero-order chi connectivity index (χ0) is 18.4. The van der Waals surface area contributed by atoms with Crippen molar-refractivity contribution >= 4 is 23.3 Å². The lowest BCUT2D eigenvalue weighted by molar-refractivity contribution is -0.149. The fourth-order valence-corrected chi connectivity index (χ4v) is 3.72. The number of ether oxygens (including phenoxy) is 1. The Morgan fingerprint density at radius 3 is 2.69 bits per heavy atom. The molecule has 1 aromatic heterocycles. The third kappa shape index (κ3) is 4.60. The highest BCUT2D eigenvalue weighted by atomic mass is 32.1. The van der Waals surface area contributed by atoms with E-state index in [9.17, 15) is 9.59 Å². The number of nitrogens with zero attached hydrogens (tertiary/aromatic N) is 2. The number of esters is 1. The predicted molar refractivity (Wildman–Crippen MR) is 101 cm³/mol. The van der Waals surface area contributed by atoms with Crippen LogP contribution in [0.4, 0.5) is 4.79 Å². The molecule has 2 aromatic rings. The van der Waals surface area contributed by atoms with Gasteiger partial charge in [-0.3, -0.25) is 4.79 Å². The number of piperidine rings is 1. The van der Waals surface area contributed by atoms with E-state index in [1.165, 1.54) is 11.3 Å². The molecule has 6 nitrogen and oxygen atoms in total. The van der Waals surface area contributed by atoms with E-state index >= 15 is 0 Å². The van der Waals surface area contributed by atoms with Crippen molar-refractivity contribution in [1.29, 1.82) is 0 Å². The highest BCUT2D eigenvalue weighted by Gasteiger charge is 2.28. The van der Waals surface area contributed by atoms with E-state index in [0.29, 0.717) is 39.1 Å². The number of hydrogen-bond acceptors (Lipinski definition) is 5. The summed E-state index contributed by atoms with van der Waals surface area (Å²) in [4.78, 5) is 30.4. The first-order chi connectivity index (χ1) is 12.7. The minimum atomic E-state index is -0.149. The lowest BCUT2D eigenvalue weighted by Gasteiger charge is -2.30. The smallest absolute Gasteiger partial charge is 0.317 e. The standard InChI is InChI=1S/C19H23N3O3S/c1-2-25-18(23)15-8-10-22(11-9-15)19(24)20-12-17-21-16(13-26-17)14-6-4-3-5-7-14/h3-7,13,15H,2,8-12H2,1H3,(H,20,24). The average molecular weight is 373 g/mol. The summed E-state index contributed by atoms with van der Waals surface area (Å²) in [6, 6.07) is 9.87. The van der Waals surface area contributed by atoms with Crippen LogP contribution >= 0.6 is 11.3 Å². The van der Waals surface area contributed by atoms with Crippen molar-refractivity contribution in [1.82, 2.24) is 15.2 Å². The van der Waals surface area contributed by atoms with Gasteiger partial charge in [0.25, 0.3) is 0 Å². The summed E-state index contributed by atoms with van der Waals surface area (Å²) in [6.07, 6.45) is 1.31. The summed E-state index contributed by atoms with van der Waals surface area (Å²) in [7, 11) is 0. The summed E-state index contributed by atoms with van der Waals surface area (Å²) < 4.78 is 5.06. The van der Waals surface area contributed by atoms with Crippen molar-refractivity contribution in [2.45, 2.75) is 26.3 Å². The average Bonchev–Trinajstić information content (AvgIpc) is 3.16. The lowest BCUT2D eigenvalue weighted by atomic mass is 9.97. The van der Waals surface area contributed by atoms with Crippen molar-refractivity contribution in [3.8, 4) is 11.3 Å². The number of benzene rings is 1. The second-order valence-electron chi connectivity index (χ2n) is 6.16. The molecule has 1 aliphatic heterocycles. The minimum Gasteiger partial charge on any atom is -0.466 e. The van der Waals surface area contributed by atoms with Crippen molar-refractivity contribution in [3.63, 3.8) is 0 Å². The molecule has 0 aliphatic carbocycles. The number of amides is 2. The molecule has 1 N–H and O–H groups in total. The van der Waals surface area contributed by atoms with Crippen LogP contribution in [0.3, 0.4) is 0 Å². The van der Waals surface area contributed by atoms with E-state index in [1.54, 1.807) is 4.90 Å². The molecule has 0 atom stereocenters. The van der Waals surface area contributed by atoms with Crippen LogP contribution < -0.4 is 5.32 Å².